The molecule has 0 atom stereocenters. The predicted molar refractivity (Wildman–Crippen MR) is 45.3 cm³/mol. The van der Waals surface area contributed by atoms with Gasteiger partial charge in [-0.15, -0.1) is 11.6 Å². The average Bonchev–Trinajstić information content (AvgIpc) is 2.16. The second-order valence-corrected chi connectivity index (χ2v) is 2.74. The third-order valence-corrected chi connectivity index (χ3v) is 1.90. The van der Waals surface area contributed by atoms with Gasteiger partial charge in [0.25, 0.3) is 6.43 Å². The maximum atomic E-state index is 13.0. The van der Waals surface area contributed by atoms with E-state index in [1.165, 1.54) is 0 Å². The van der Waals surface area contributed by atoms with Gasteiger partial charge in [-0.3, -0.25) is 0 Å². The Labute approximate surface area is 83.7 Å². The van der Waals surface area contributed by atoms with E-state index in [9.17, 15) is 13.2 Å². The van der Waals surface area contributed by atoms with Gasteiger partial charge in [0.15, 0.2) is 0 Å². The standard InChI is InChI=1S/C8H7ClF3NO/c1-14-8-5(6(10)11)2-4(3-9)7(12)13-8/h2,6H,3H2,1H3. The highest BCUT2D eigenvalue weighted by Crippen LogP contribution is 2.29. The number of halogens is 4. The Hall–Kier alpha value is -0.970. The summed E-state index contributed by atoms with van der Waals surface area (Å²) in [7, 11) is 1.15. The van der Waals surface area contributed by atoms with Crippen LogP contribution in [0.5, 0.6) is 5.88 Å². The molecule has 1 aromatic heterocycles. The molecule has 0 saturated heterocycles. The number of hydrogen-bond acceptors (Lipinski definition) is 2. The fourth-order valence-corrected chi connectivity index (χ4v) is 1.14. The summed E-state index contributed by atoms with van der Waals surface area (Å²) in [6, 6.07) is 0.957. The first-order valence-electron chi connectivity index (χ1n) is 3.67. The van der Waals surface area contributed by atoms with Crippen molar-refractivity contribution in [1.29, 1.82) is 0 Å². The van der Waals surface area contributed by atoms with Crippen molar-refractivity contribution < 1.29 is 17.9 Å². The van der Waals surface area contributed by atoms with Gasteiger partial charge < -0.3 is 4.74 Å². The van der Waals surface area contributed by atoms with E-state index in [0.29, 0.717) is 0 Å². The van der Waals surface area contributed by atoms with Crippen molar-refractivity contribution in [3.05, 3.63) is 23.1 Å². The molecule has 0 spiro atoms. The summed E-state index contributed by atoms with van der Waals surface area (Å²) in [5, 5.41) is 0. The molecule has 1 heterocycles. The molecule has 0 bridgehead atoms. The molecule has 0 fully saturated rings. The first-order chi connectivity index (χ1) is 6.60. The van der Waals surface area contributed by atoms with Gasteiger partial charge in [-0.1, -0.05) is 0 Å². The van der Waals surface area contributed by atoms with Crippen LogP contribution in [0.15, 0.2) is 6.07 Å². The molecular weight excluding hydrogens is 219 g/mol. The van der Waals surface area contributed by atoms with Crippen LogP contribution in [-0.2, 0) is 5.88 Å². The minimum atomic E-state index is -2.76. The topological polar surface area (TPSA) is 22.1 Å². The largest absolute Gasteiger partial charge is 0.481 e. The van der Waals surface area contributed by atoms with E-state index in [1.54, 1.807) is 0 Å². The fourth-order valence-electron chi connectivity index (χ4n) is 0.948. The van der Waals surface area contributed by atoms with Crippen LogP contribution in [0.2, 0.25) is 0 Å². The molecule has 2 nitrogen and oxygen atoms in total. The molecule has 6 heteroatoms. The van der Waals surface area contributed by atoms with Crippen LogP contribution in [0.1, 0.15) is 17.6 Å². The van der Waals surface area contributed by atoms with Gasteiger partial charge in [0, 0.05) is 5.56 Å². The number of rotatable bonds is 3. The Morgan fingerprint density at radius 2 is 2.21 bits per heavy atom. The van der Waals surface area contributed by atoms with Crippen molar-refractivity contribution in [3.63, 3.8) is 0 Å². The van der Waals surface area contributed by atoms with E-state index in [4.69, 9.17) is 11.6 Å². The third-order valence-electron chi connectivity index (χ3n) is 1.61. The van der Waals surface area contributed by atoms with Gasteiger partial charge in [-0.25, -0.2) is 8.78 Å². The summed E-state index contributed by atoms with van der Waals surface area (Å²) in [4.78, 5) is 3.23. The first kappa shape index (κ1) is 11.1. The van der Waals surface area contributed by atoms with E-state index >= 15 is 0 Å². The Kier molecular flexibility index (Phi) is 3.57. The lowest BCUT2D eigenvalue weighted by Crippen LogP contribution is -2.01. The zero-order valence-electron chi connectivity index (χ0n) is 7.23. The lowest BCUT2D eigenvalue weighted by atomic mass is 10.2. The molecule has 78 valence electrons. The zero-order chi connectivity index (χ0) is 10.7. The maximum Gasteiger partial charge on any atom is 0.269 e. The lowest BCUT2D eigenvalue weighted by molar-refractivity contribution is 0.145. The molecule has 0 unspecified atom stereocenters. The normalized spacial score (nSPS) is 10.7. The molecule has 0 aliphatic rings. The van der Waals surface area contributed by atoms with E-state index in [2.05, 4.69) is 9.72 Å². The summed E-state index contributed by atoms with van der Waals surface area (Å²) in [5.41, 5.74) is -0.521. The highest BCUT2D eigenvalue weighted by atomic mass is 35.5. The molecule has 0 N–H and O–H groups in total. The molecule has 0 amide bonds. The van der Waals surface area contributed by atoms with Gasteiger partial charge in [0.05, 0.1) is 18.6 Å². The zero-order valence-corrected chi connectivity index (χ0v) is 7.99. The highest BCUT2D eigenvalue weighted by Gasteiger charge is 2.18. The number of hydrogen-bond donors (Lipinski definition) is 0. The number of methoxy groups -OCH3 is 1. The number of alkyl halides is 3. The van der Waals surface area contributed by atoms with Crippen LogP contribution >= 0.6 is 11.6 Å². The SMILES string of the molecule is COc1nc(F)c(CCl)cc1C(F)F. The van der Waals surface area contributed by atoms with Crippen LogP contribution < -0.4 is 4.74 Å². The van der Waals surface area contributed by atoms with Crippen LogP contribution in [0.4, 0.5) is 13.2 Å². The smallest absolute Gasteiger partial charge is 0.269 e. The maximum absolute atomic E-state index is 13.0. The van der Waals surface area contributed by atoms with Crippen molar-refractivity contribution in [3.8, 4) is 5.88 Å². The van der Waals surface area contributed by atoms with Crippen molar-refractivity contribution >= 4 is 11.6 Å². The van der Waals surface area contributed by atoms with Crippen LogP contribution in [0.25, 0.3) is 0 Å². The fraction of sp³-hybridized carbons (Fsp3) is 0.375. The summed E-state index contributed by atoms with van der Waals surface area (Å²) < 4.78 is 42.2. The minimum Gasteiger partial charge on any atom is -0.481 e. The van der Waals surface area contributed by atoms with E-state index < -0.39 is 23.8 Å². The second kappa shape index (κ2) is 4.50. The molecule has 0 radical (unpaired) electrons. The number of pyridine rings is 1. The Balaban J connectivity index is 3.25. The van der Waals surface area contributed by atoms with Gasteiger partial charge in [0.2, 0.25) is 11.8 Å². The Bertz CT molecular complexity index is 333. The summed E-state index contributed by atoms with van der Waals surface area (Å²) in [6.45, 7) is 0. The van der Waals surface area contributed by atoms with Crippen molar-refractivity contribution in [2.45, 2.75) is 12.3 Å². The number of aromatic nitrogens is 1. The van der Waals surface area contributed by atoms with E-state index in [0.717, 1.165) is 13.2 Å². The highest BCUT2D eigenvalue weighted by molar-refractivity contribution is 6.17. The van der Waals surface area contributed by atoms with Crippen molar-refractivity contribution in [2.75, 3.05) is 7.11 Å². The molecule has 1 rings (SSSR count). The van der Waals surface area contributed by atoms with E-state index in [1.807, 2.05) is 0 Å². The number of nitrogens with zero attached hydrogens (tertiary/aromatic N) is 1. The summed E-state index contributed by atoms with van der Waals surface area (Å²) >= 11 is 5.34. The summed E-state index contributed by atoms with van der Waals surface area (Å²) in [5.74, 6) is -1.50. The van der Waals surface area contributed by atoms with Crippen molar-refractivity contribution in [2.24, 2.45) is 0 Å². The second-order valence-electron chi connectivity index (χ2n) is 2.47. The minimum absolute atomic E-state index is 0.0669. The Morgan fingerprint density at radius 3 is 2.64 bits per heavy atom. The van der Waals surface area contributed by atoms with Gasteiger partial charge in [-0.05, 0) is 6.07 Å². The monoisotopic (exact) mass is 225 g/mol. The van der Waals surface area contributed by atoms with Crippen LogP contribution in [-0.4, -0.2) is 12.1 Å². The van der Waals surface area contributed by atoms with Gasteiger partial charge in [0.1, 0.15) is 0 Å². The molecule has 0 aliphatic carbocycles. The molecule has 0 saturated carbocycles. The van der Waals surface area contributed by atoms with E-state index in [-0.39, 0.29) is 11.4 Å². The summed E-state index contributed by atoms with van der Waals surface area (Å²) in [6.07, 6.45) is -2.76. The molecule has 0 aromatic carbocycles. The van der Waals surface area contributed by atoms with Crippen LogP contribution in [0, 0.1) is 5.95 Å². The molecular formula is C8H7ClF3NO. The quantitative estimate of drug-likeness (QED) is 0.583. The van der Waals surface area contributed by atoms with Crippen molar-refractivity contribution in [1.82, 2.24) is 4.98 Å². The van der Waals surface area contributed by atoms with Crippen LogP contribution in [0.3, 0.4) is 0 Å². The average molecular weight is 226 g/mol. The van der Waals surface area contributed by atoms with Gasteiger partial charge >= 0.3 is 0 Å². The molecule has 0 aliphatic heterocycles. The number of ether oxygens (including phenoxy) is 1. The Morgan fingerprint density at radius 1 is 1.57 bits per heavy atom. The molecule has 14 heavy (non-hydrogen) atoms. The molecule has 1 aromatic rings. The predicted octanol–water partition coefficient (Wildman–Crippen LogP) is 2.91. The first-order valence-corrected chi connectivity index (χ1v) is 4.21. The third kappa shape index (κ3) is 2.09. The van der Waals surface area contributed by atoms with Gasteiger partial charge in [-0.2, -0.15) is 9.37 Å². The lowest BCUT2D eigenvalue weighted by Gasteiger charge is -2.08.